The summed E-state index contributed by atoms with van der Waals surface area (Å²) >= 11 is 0. The Labute approximate surface area is 197 Å². The van der Waals surface area contributed by atoms with E-state index in [1.54, 1.807) is 0 Å². The second-order valence-corrected chi connectivity index (χ2v) is 8.90. The highest BCUT2D eigenvalue weighted by Gasteiger charge is 2.16. The molecule has 7 heteroatoms. The van der Waals surface area contributed by atoms with Crippen LogP contribution in [0.4, 0.5) is 10.1 Å². The number of piperidine rings is 1. The lowest BCUT2D eigenvalue weighted by Crippen LogP contribution is -2.36. The van der Waals surface area contributed by atoms with Gasteiger partial charge in [-0.1, -0.05) is 6.07 Å². The van der Waals surface area contributed by atoms with Crippen LogP contribution >= 0.6 is 0 Å². The molecule has 1 saturated heterocycles. The van der Waals surface area contributed by atoms with Gasteiger partial charge in [0.25, 0.3) is 0 Å². The molecule has 34 heavy (non-hydrogen) atoms. The van der Waals surface area contributed by atoms with E-state index in [2.05, 4.69) is 38.5 Å². The van der Waals surface area contributed by atoms with Gasteiger partial charge in [-0.15, -0.1) is 0 Å². The number of carbonyl (C=O) groups is 1. The highest BCUT2D eigenvalue weighted by atomic mass is 19.1. The van der Waals surface area contributed by atoms with Crippen LogP contribution in [0.3, 0.4) is 0 Å². The molecule has 1 aliphatic rings. The molecule has 3 heterocycles. The molecular formula is C27H26FN5O. The second kappa shape index (κ2) is 9.65. The number of anilines is 1. The van der Waals surface area contributed by atoms with Gasteiger partial charge in [0.1, 0.15) is 5.82 Å². The summed E-state index contributed by atoms with van der Waals surface area (Å²) < 4.78 is 13.1. The third-order valence-corrected chi connectivity index (χ3v) is 6.30. The molecule has 0 unspecified atom stereocenters. The monoisotopic (exact) mass is 455 g/mol. The molecule has 4 aromatic rings. The SMILES string of the molecule is CN1CCC(Nc2cncc(-c3ccc4nnc(CC(=O)c5ccc(F)cc5)cc4c3)c2)CC1. The van der Waals surface area contributed by atoms with Crippen molar-refractivity contribution in [3.8, 4) is 11.1 Å². The van der Waals surface area contributed by atoms with Gasteiger partial charge >= 0.3 is 0 Å². The fourth-order valence-corrected chi connectivity index (χ4v) is 4.32. The third kappa shape index (κ3) is 5.10. The zero-order valence-corrected chi connectivity index (χ0v) is 19.0. The summed E-state index contributed by atoms with van der Waals surface area (Å²) in [6.45, 7) is 2.20. The maximum atomic E-state index is 13.1. The van der Waals surface area contributed by atoms with Crippen molar-refractivity contribution in [1.82, 2.24) is 20.1 Å². The maximum absolute atomic E-state index is 13.1. The van der Waals surface area contributed by atoms with Crippen LogP contribution in [-0.2, 0) is 6.42 Å². The molecule has 0 spiro atoms. The van der Waals surface area contributed by atoms with Gasteiger partial charge in [-0.3, -0.25) is 9.78 Å². The van der Waals surface area contributed by atoms with Gasteiger partial charge in [-0.2, -0.15) is 10.2 Å². The number of Topliss-reactive ketones (excluding diaryl/α,β-unsaturated/α-hetero) is 1. The molecule has 0 aliphatic carbocycles. The molecule has 1 aliphatic heterocycles. The summed E-state index contributed by atoms with van der Waals surface area (Å²) in [6, 6.07) is 16.0. The third-order valence-electron chi connectivity index (χ3n) is 6.30. The van der Waals surface area contributed by atoms with Crippen LogP contribution in [0.5, 0.6) is 0 Å². The molecule has 1 N–H and O–H groups in total. The lowest BCUT2D eigenvalue weighted by molar-refractivity contribution is 0.0991. The molecule has 0 atom stereocenters. The average molecular weight is 456 g/mol. The summed E-state index contributed by atoms with van der Waals surface area (Å²) in [5.41, 5.74) is 4.85. The molecule has 1 fully saturated rings. The largest absolute Gasteiger partial charge is 0.381 e. The standard InChI is InChI=1S/C27H26FN5O/c1-33-10-8-23(9-11-33)30-25-14-21(16-29-17-25)19-4-7-26-20(12-19)13-24(31-32-26)15-27(34)18-2-5-22(28)6-3-18/h2-7,12-14,16-17,23,30H,8-11,15H2,1H3. The number of hydrogen-bond donors (Lipinski definition) is 1. The average Bonchev–Trinajstić information content (AvgIpc) is 2.85. The summed E-state index contributed by atoms with van der Waals surface area (Å²) in [6.07, 6.45) is 6.07. The molecule has 0 bridgehead atoms. The Morgan fingerprint density at radius 3 is 2.59 bits per heavy atom. The number of pyridine rings is 1. The van der Waals surface area contributed by atoms with E-state index in [0.29, 0.717) is 17.3 Å². The van der Waals surface area contributed by atoms with Gasteiger partial charge in [0.15, 0.2) is 5.78 Å². The zero-order valence-electron chi connectivity index (χ0n) is 19.0. The number of carbonyl (C=O) groups excluding carboxylic acids is 1. The minimum absolute atomic E-state index is 0.107. The van der Waals surface area contributed by atoms with Gasteiger partial charge in [0, 0.05) is 34.9 Å². The van der Waals surface area contributed by atoms with Crippen LogP contribution in [0.1, 0.15) is 28.9 Å². The number of rotatable bonds is 6. The maximum Gasteiger partial charge on any atom is 0.168 e. The van der Waals surface area contributed by atoms with Crippen molar-refractivity contribution < 1.29 is 9.18 Å². The molecular weight excluding hydrogens is 429 g/mol. The van der Waals surface area contributed by atoms with Crippen LogP contribution in [0.25, 0.3) is 22.0 Å². The summed E-state index contributed by atoms with van der Waals surface area (Å²) in [4.78, 5) is 19.4. The Balaban J connectivity index is 1.35. The van der Waals surface area contributed by atoms with E-state index >= 15 is 0 Å². The molecule has 5 rings (SSSR count). The lowest BCUT2D eigenvalue weighted by atomic mass is 10.0. The van der Waals surface area contributed by atoms with Crippen LogP contribution in [-0.4, -0.2) is 52.0 Å². The summed E-state index contributed by atoms with van der Waals surface area (Å²) in [7, 11) is 2.16. The van der Waals surface area contributed by atoms with Crippen LogP contribution in [0.15, 0.2) is 67.0 Å². The zero-order chi connectivity index (χ0) is 23.5. The number of aromatic nitrogens is 3. The van der Waals surface area contributed by atoms with Gasteiger partial charge in [0.2, 0.25) is 0 Å². The number of nitrogens with one attached hydrogen (secondary N) is 1. The quantitative estimate of drug-likeness (QED) is 0.423. The minimum Gasteiger partial charge on any atom is -0.381 e. The van der Waals surface area contributed by atoms with Crippen molar-refractivity contribution in [2.45, 2.75) is 25.3 Å². The number of likely N-dealkylation sites (tertiary alicyclic amines) is 1. The summed E-state index contributed by atoms with van der Waals surface area (Å²) in [5, 5.41) is 13.0. The number of hydrogen-bond acceptors (Lipinski definition) is 6. The van der Waals surface area contributed by atoms with Crippen LogP contribution < -0.4 is 5.32 Å². The van der Waals surface area contributed by atoms with Gasteiger partial charge in [0.05, 0.1) is 23.3 Å². The first-order valence-electron chi connectivity index (χ1n) is 11.5. The van der Waals surface area contributed by atoms with E-state index in [1.165, 1.54) is 24.3 Å². The highest BCUT2D eigenvalue weighted by Crippen LogP contribution is 2.26. The van der Waals surface area contributed by atoms with Crippen LogP contribution in [0.2, 0.25) is 0 Å². The lowest BCUT2D eigenvalue weighted by Gasteiger charge is -2.30. The van der Waals surface area contributed by atoms with Gasteiger partial charge in [-0.05, 0) is 87.1 Å². The minimum atomic E-state index is -0.366. The Kier molecular flexibility index (Phi) is 6.27. The van der Waals surface area contributed by atoms with E-state index in [4.69, 9.17) is 0 Å². The van der Waals surface area contributed by atoms with Crippen molar-refractivity contribution in [3.05, 3.63) is 84.1 Å². The fourth-order valence-electron chi connectivity index (χ4n) is 4.32. The second-order valence-electron chi connectivity index (χ2n) is 8.90. The number of fused-ring (bicyclic) bond motifs is 1. The summed E-state index contributed by atoms with van der Waals surface area (Å²) in [5.74, 6) is -0.489. The van der Waals surface area contributed by atoms with Crippen molar-refractivity contribution >= 4 is 22.4 Å². The predicted molar refractivity (Wildman–Crippen MR) is 131 cm³/mol. The Bertz CT molecular complexity index is 1320. The number of ketones is 1. The first-order chi connectivity index (χ1) is 16.5. The van der Waals surface area contributed by atoms with Crippen molar-refractivity contribution in [2.75, 3.05) is 25.5 Å². The normalized spacial score (nSPS) is 14.9. The van der Waals surface area contributed by atoms with E-state index in [-0.39, 0.29) is 18.0 Å². The topological polar surface area (TPSA) is 71.0 Å². The van der Waals surface area contributed by atoms with E-state index < -0.39 is 0 Å². The smallest absolute Gasteiger partial charge is 0.168 e. The predicted octanol–water partition coefficient (Wildman–Crippen LogP) is 4.76. The van der Waals surface area contributed by atoms with Gasteiger partial charge in [-0.25, -0.2) is 4.39 Å². The molecule has 0 radical (unpaired) electrons. The molecule has 172 valence electrons. The number of benzene rings is 2. The molecule has 2 aromatic carbocycles. The molecule has 2 aromatic heterocycles. The number of nitrogens with zero attached hydrogens (tertiary/aromatic N) is 4. The first kappa shape index (κ1) is 22.1. The van der Waals surface area contributed by atoms with Crippen molar-refractivity contribution in [3.63, 3.8) is 0 Å². The first-order valence-corrected chi connectivity index (χ1v) is 11.5. The molecule has 0 saturated carbocycles. The van der Waals surface area contributed by atoms with Crippen molar-refractivity contribution in [1.29, 1.82) is 0 Å². The van der Waals surface area contributed by atoms with Crippen molar-refractivity contribution in [2.24, 2.45) is 0 Å². The Morgan fingerprint density at radius 2 is 1.79 bits per heavy atom. The molecule has 0 amide bonds. The Morgan fingerprint density at radius 1 is 1.00 bits per heavy atom. The van der Waals surface area contributed by atoms with E-state index in [9.17, 15) is 9.18 Å². The van der Waals surface area contributed by atoms with E-state index in [1.807, 2.05) is 36.7 Å². The Hall–Kier alpha value is -3.71. The molecule has 6 nitrogen and oxygen atoms in total. The highest BCUT2D eigenvalue weighted by molar-refractivity contribution is 5.97. The van der Waals surface area contributed by atoms with Gasteiger partial charge < -0.3 is 10.2 Å². The number of halogens is 1. The van der Waals surface area contributed by atoms with E-state index in [0.717, 1.165) is 53.6 Å². The fraction of sp³-hybridized carbons (Fsp3) is 0.259. The van der Waals surface area contributed by atoms with Crippen LogP contribution in [0, 0.1) is 5.82 Å².